The molecule has 0 amide bonds. The van der Waals surface area contributed by atoms with Crippen molar-refractivity contribution in [2.75, 3.05) is 33.7 Å². The van der Waals surface area contributed by atoms with Gasteiger partial charge in [0.25, 0.3) is 0 Å². The Morgan fingerprint density at radius 3 is 2.85 bits per heavy atom. The third kappa shape index (κ3) is 4.32. The average Bonchev–Trinajstić information content (AvgIpc) is 2.85. The van der Waals surface area contributed by atoms with Crippen molar-refractivity contribution in [1.29, 1.82) is 0 Å². The molecule has 0 aliphatic carbocycles. The average molecular weight is 278 g/mol. The van der Waals surface area contributed by atoms with Crippen LogP contribution in [0.3, 0.4) is 0 Å². The van der Waals surface area contributed by atoms with Crippen LogP contribution in [0.5, 0.6) is 0 Å². The second-order valence-corrected chi connectivity index (χ2v) is 7.45. The molecule has 2 rings (SSSR count). The van der Waals surface area contributed by atoms with E-state index in [0.29, 0.717) is 11.3 Å². The van der Waals surface area contributed by atoms with Crippen LogP contribution >= 0.6 is 0 Å². The van der Waals surface area contributed by atoms with Gasteiger partial charge < -0.3 is 4.90 Å². The van der Waals surface area contributed by atoms with Crippen molar-refractivity contribution in [2.45, 2.75) is 40.2 Å². The lowest BCUT2D eigenvalue weighted by Crippen LogP contribution is -2.35. The van der Waals surface area contributed by atoms with Crippen molar-refractivity contribution in [3.8, 4) is 0 Å². The molecule has 1 aromatic heterocycles. The largest absolute Gasteiger partial charge is 0.306 e. The Morgan fingerprint density at radius 1 is 1.50 bits per heavy atom. The van der Waals surface area contributed by atoms with Gasteiger partial charge in [0.15, 0.2) is 0 Å². The van der Waals surface area contributed by atoms with E-state index in [2.05, 4.69) is 60.9 Å². The predicted octanol–water partition coefficient (Wildman–Crippen LogP) is 2.38. The molecule has 4 heteroatoms. The highest BCUT2D eigenvalue weighted by Crippen LogP contribution is 2.29. The normalized spacial score (nSPS) is 24.1. The van der Waals surface area contributed by atoms with E-state index >= 15 is 0 Å². The lowest BCUT2D eigenvalue weighted by atomic mass is 9.89. The zero-order valence-electron chi connectivity index (χ0n) is 13.7. The van der Waals surface area contributed by atoms with Gasteiger partial charge in [0.1, 0.15) is 0 Å². The first-order chi connectivity index (χ1) is 9.36. The number of nitrogens with zero attached hydrogens (tertiary/aromatic N) is 3. The quantitative estimate of drug-likeness (QED) is 0.868. The van der Waals surface area contributed by atoms with Gasteiger partial charge in [-0.15, -0.1) is 0 Å². The summed E-state index contributed by atoms with van der Waals surface area (Å²) in [6, 6.07) is 2.22. The number of H-pyrrole nitrogens is 1. The highest BCUT2D eigenvalue weighted by atomic mass is 15.2. The lowest BCUT2D eigenvalue weighted by Gasteiger charge is -2.29. The summed E-state index contributed by atoms with van der Waals surface area (Å²) in [6.07, 6.45) is 2.36. The second-order valence-electron chi connectivity index (χ2n) is 7.45. The van der Waals surface area contributed by atoms with Crippen LogP contribution in [0.1, 0.15) is 38.6 Å². The molecule has 1 N–H and O–H groups in total. The molecule has 1 saturated heterocycles. The van der Waals surface area contributed by atoms with E-state index in [1.807, 2.05) is 0 Å². The fourth-order valence-corrected chi connectivity index (χ4v) is 3.41. The van der Waals surface area contributed by atoms with E-state index in [1.165, 1.54) is 30.9 Å². The van der Waals surface area contributed by atoms with Gasteiger partial charge in [0, 0.05) is 25.3 Å². The molecule has 1 atom stereocenters. The van der Waals surface area contributed by atoms with Gasteiger partial charge in [-0.25, -0.2) is 0 Å². The van der Waals surface area contributed by atoms with Gasteiger partial charge in [-0.3, -0.25) is 10.00 Å². The third-order valence-corrected chi connectivity index (χ3v) is 4.14. The first-order valence-electron chi connectivity index (χ1n) is 7.76. The molecule has 1 aromatic rings. The summed E-state index contributed by atoms with van der Waals surface area (Å²) in [4.78, 5) is 4.86. The van der Waals surface area contributed by atoms with Crippen LogP contribution in [0.2, 0.25) is 0 Å². The molecule has 0 saturated carbocycles. The molecule has 0 radical (unpaired) electrons. The molecular formula is C16H30N4. The van der Waals surface area contributed by atoms with Crippen molar-refractivity contribution in [2.24, 2.45) is 11.3 Å². The standard InChI is InChI=1S/C16H30N4/c1-13(2)8-14-9-15(18-17-14)10-20(5)12-16(3)6-7-19(4)11-16/h9,13H,6-8,10-12H2,1-5H3,(H,17,18). The van der Waals surface area contributed by atoms with Crippen molar-refractivity contribution < 1.29 is 0 Å². The number of likely N-dealkylation sites (tertiary alicyclic amines) is 1. The molecular weight excluding hydrogens is 248 g/mol. The summed E-state index contributed by atoms with van der Waals surface area (Å²) >= 11 is 0. The van der Waals surface area contributed by atoms with E-state index in [4.69, 9.17) is 0 Å². The molecule has 2 heterocycles. The van der Waals surface area contributed by atoms with Gasteiger partial charge in [0.2, 0.25) is 0 Å². The number of rotatable bonds is 6. The lowest BCUT2D eigenvalue weighted by molar-refractivity contribution is 0.189. The maximum Gasteiger partial charge on any atom is 0.0628 e. The van der Waals surface area contributed by atoms with Crippen LogP contribution in [-0.2, 0) is 13.0 Å². The Kier molecular flexibility index (Phi) is 4.86. The highest BCUT2D eigenvalue weighted by molar-refractivity contribution is 5.09. The van der Waals surface area contributed by atoms with Crippen LogP contribution in [-0.4, -0.2) is 53.7 Å². The monoisotopic (exact) mass is 278 g/mol. The molecule has 0 aromatic carbocycles. The van der Waals surface area contributed by atoms with E-state index in [-0.39, 0.29) is 0 Å². The number of hydrogen-bond donors (Lipinski definition) is 1. The minimum Gasteiger partial charge on any atom is -0.306 e. The summed E-state index contributed by atoms with van der Waals surface area (Å²) in [5.41, 5.74) is 2.86. The van der Waals surface area contributed by atoms with Crippen molar-refractivity contribution >= 4 is 0 Å². The second kappa shape index (κ2) is 6.27. The molecule has 1 fully saturated rings. The zero-order valence-corrected chi connectivity index (χ0v) is 13.7. The van der Waals surface area contributed by atoms with E-state index in [1.54, 1.807) is 0 Å². The summed E-state index contributed by atoms with van der Waals surface area (Å²) in [5, 5.41) is 7.60. The van der Waals surface area contributed by atoms with Crippen LogP contribution in [0.25, 0.3) is 0 Å². The molecule has 0 spiro atoms. The van der Waals surface area contributed by atoms with Crippen molar-refractivity contribution in [3.05, 3.63) is 17.5 Å². The van der Waals surface area contributed by atoms with E-state index in [0.717, 1.165) is 19.5 Å². The summed E-state index contributed by atoms with van der Waals surface area (Å²) < 4.78 is 0. The zero-order chi connectivity index (χ0) is 14.8. The fourth-order valence-electron chi connectivity index (χ4n) is 3.41. The maximum absolute atomic E-state index is 4.41. The number of hydrogen-bond acceptors (Lipinski definition) is 3. The first-order valence-corrected chi connectivity index (χ1v) is 7.76. The Morgan fingerprint density at radius 2 is 2.25 bits per heavy atom. The minimum absolute atomic E-state index is 0.435. The molecule has 1 aliphatic rings. The predicted molar refractivity (Wildman–Crippen MR) is 83.7 cm³/mol. The Labute approximate surface area is 123 Å². The first kappa shape index (κ1) is 15.5. The third-order valence-electron chi connectivity index (χ3n) is 4.14. The van der Waals surface area contributed by atoms with Crippen LogP contribution < -0.4 is 0 Å². The van der Waals surface area contributed by atoms with Crippen molar-refractivity contribution in [1.82, 2.24) is 20.0 Å². The Hall–Kier alpha value is -0.870. The van der Waals surface area contributed by atoms with Gasteiger partial charge >= 0.3 is 0 Å². The molecule has 4 nitrogen and oxygen atoms in total. The maximum atomic E-state index is 4.41. The topological polar surface area (TPSA) is 35.2 Å². The molecule has 1 aliphatic heterocycles. The number of aromatic amines is 1. The molecule has 114 valence electrons. The van der Waals surface area contributed by atoms with Crippen LogP contribution in [0.15, 0.2) is 6.07 Å². The summed E-state index contributed by atoms with van der Waals surface area (Å²) in [5.74, 6) is 0.664. The van der Waals surface area contributed by atoms with Crippen LogP contribution in [0.4, 0.5) is 0 Å². The van der Waals surface area contributed by atoms with E-state index in [9.17, 15) is 0 Å². The summed E-state index contributed by atoms with van der Waals surface area (Å²) in [6.45, 7) is 11.4. The smallest absolute Gasteiger partial charge is 0.0628 e. The summed E-state index contributed by atoms with van der Waals surface area (Å²) in [7, 11) is 4.44. The fraction of sp³-hybridized carbons (Fsp3) is 0.812. The number of aromatic nitrogens is 2. The molecule has 1 unspecified atom stereocenters. The molecule has 20 heavy (non-hydrogen) atoms. The minimum atomic E-state index is 0.435. The van der Waals surface area contributed by atoms with Gasteiger partial charge in [-0.05, 0) is 50.9 Å². The molecule has 0 bridgehead atoms. The number of nitrogens with one attached hydrogen (secondary N) is 1. The highest BCUT2D eigenvalue weighted by Gasteiger charge is 2.32. The van der Waals surface area contributed by atoms with Crippen molar-refractivity contribution in [3.63, 3.8) is 0 Å². The Balaban J connectivity index is 1.85. The van der Waals surface area contributed by atoms with Gasteiger partial charge in [-0.2, -0.15) is 5.10 Å². The SMILES string of the molecule is CC(C)Cc1cc(CN(C)CC2(C)CCN(C)C2)[nH]n1. The van der Waals surface area contributed by atoms with E-state index < -0.39 is 0 Å². The van der Waals surface area contributed by atoms with Crippen LogP contribution in [0, 0.1) is 11.3 Å². The van der Waals surface area contributed by atoms with Gasteiger partial charge in [-0.1, -0.05) is 20.8 Å². The Bertz CT molecular complexity index is 426. The van der Waals surface area contributed by atoms with Gasteiger partial charge in [0.05, 0.1) is 5.69 Å².